The summed E-state index contributed by atoms with van der Waals surface area (Å²) >= 11 is 6.02. The van der Waals surface area contributed by atoms with Crippen molar-refractivity contribution in [3.05, 3.63) is 77.3 Å². The lowest BCUT2D eigenvalue weighted by atomic mass is 10.2. The number of hydrogen-bond donors (Lipinski definition) is 3. The van der Waals surface area contributed by atoms with Crippen molar-refractivity contribution in [3.63, 3.8) is 0 Å². The fraction of sp³-hybridized carbons (Fsp3) is 0. The first kappa shape index (κ1) is 18.1. The van der Waals surface area contributed by atoms with Crippen molar-refractivity contribution in [2.24, 2.45) is 10.2 Å². The van der Waals surface area contributed by atoms with Crippen molar-refractivity contribution in [2.45, 2.75) is 0 Å². The molecule has 0 aliphatic heterocycles. The van der Waals surface area contributed by atoms with Crippen LogP contribution in [0.15, 0.2) is 77.0 Å². The number of carbonyl (C=O) groups is 1. The molecule has 5 rings (SSSR count). The maximum Gasteiger partial charge on any atom is 0.295 e. The summed E-state index contributed by atoms with van der Waals surface area (Å²) in [6.07, 6.45) is 0. The fourth-order valence-electron chi connectivity index (χ4n) is 3.27. The Hall–Kier alpha value is -3.97. The third kappa shape index (κ3) is 3.21. The Labute approximate surface area is 175 Å². The Kier molecular flexibility index (Phi) is 4.30. The van der Waals surface area contributed by atoms with Crippen molar-refractivity contribution in [1.82, 2.24) is 15.0 Å². The third-order valence-electron chi connectivity index (χ3n) is 4.73. The summed E-state index contributed by atoms with van der Waals surface area (Å²) in [6.45, 7) is 0. The molecule has 0 aliphatic carbocycles. The summed E-state index contributed by atoms with van der Waals surface area (Å²) in [5.41, 5.74) is 3.57. The van der Waals surface area contributed by atoms with Crippen LogP contribution in [-0.4, -0.2) is 26.0 Å². The van der Waals surface area contributed by atoms with Gasteiger partial charge in [-0.3, -0.25) is 4.79 Å². The van der Waals surface area contributed by atoms with E-state index in [0.717, 1.165) is 22.4 Å². The first-order chi connectivity index (χ1) is 14.6. The van der Waals surface area contributed by atoms with E-state index in [1.807, 2.05) is 30.3 Å². The Bertz CT molecular complexity index is 1440. The van der Waals surface area contributed by atoms with Crippen molar-refractivity contribution >= 4 is 45.1 Å². The normalized spacial score (nSPS) is 11.6. The zero-order valence-corrected chi connectivity index (χ0v) is 16.2. The summed E-state index contributed by atoms with van der Waals surface area (Å²) in [4.78, 5) is 23.1. The molecule has 146 valence electrons. The van der Waals surface area contributed by atoms with Gasteiger partial charge in [-0.05, 0) is 36.4 Å². The number of fused-ring (bicyclic) bond motifs is 2. The average Bonchev–Trinajstić information content (AvgIpc) is 3.32. The predicted octanol–water partition coefficient (Wildman–Crippen LogP) is 5.99. The van der Waals surface area contributed by atoms with Gasteiger partial charge in [-0.25, -0.2) is 4.98 Å². The second-order valence-electron chi connectivity index (χ2n) is 6.70. The van der Waals surface area contributed by atoms with E-state index in [-0.39, 0.29) is 11.6 Å². The first-order valence-corrected chi connectivity index (χ1v) is 9.48. The third-order valence-corrected chi connectivity index (χ3v) is 4.97. The van der Waals surface area contributed by atoms with Gasteiger partial charge in [-0.15, -0.1) is 10.2 Å². The molecule has 0 radical (unpaired) electrons. The van der Waals surface area contributed by atoms with Crippen LogP contribution in [0.2, 0.25) is 5.02 Å². The molecule has 2 heterocycles. The summed E-state index contributed by atoms with van der Waals surface area (Å²) < 4.78 is 0. The highest BCUT2D eigenvalue weighted by Crippen LogP contribution is 2.36. The second-order valence-corrected chi connectivity index (χ2v) is 7.14. The molecule has 0 saturated heterocycles. The van der Waals surface area contributed by atoms with Gasteiger partial charge in [0, 0.05) is 21.5 Å². The molecule has 0 atom stereocenters. The molecule has 1 amide bonds. The number of amides is 1. The van der Waals surface area contributed by atoms with Crippen molar-refractivity contribution in [3.8, 4) is 17.3 Å². The van der Waals surface area contributed by atoms with E-state index in [4.69, 9.17) is 11.6 Å². The number of imidazole rings is 1. The van der Waals surface area contributed by atoms with Crippen molar-refractivity contribution in [2.75, 3.05) is 0 Å². The lowest BCUT2D eigenvalue weighted by Crippen LogP contribution is -1.93. The highest BCUT2D eigenvalue weighted by Gasteiger charge is 2.13. The number of carbonyl (C=O) groups excluding carboxylic acids is 1. The molecule has 3 aromatic carbocycles. The summed E-state index contributed by atoms with van der Waals surface area (Å²) in [5, 5.41) is 18.9. The van der Waals surface area contributed by atoms with Crippen molar-refractivity contribution in [1.29, 1.82) is 0 Å². The van der Waals surface area contributed by atoms with Gasteiger partial charge in [-0.2, -0.15) is 0 Å². The number of azo groups is 1. The number of nitrogens with zero attached hydrogens (tertiary/aromatic N) is 3. The van der Waals surface area contributed by atoms with Crippen LogP contribution in [0.1, 0.15) is 10.4 Å². The van der Waals surface area contributed by atoms with Gasteiger partial charge in [0.1, 0.15) is 5.82 Å². The van der Waals surface area contributed by atoms with Crippen LogP contribution in [0.5, 0.6) is 5.88 Å². The van der Waals surface area contributed by atoms with Gasteiger partial charge < -0.3 is 15.1 Å². The van der Waals surface area contributed by atoms with E-state index in [2.05, 4.69) is 25.2 Å². The van der Waals surface area contributed by atoms with Gasteiger partial charge in [0.15, 0.2) is 5.69 Å². The molecule has 2 aromatic heterocycles. The lowest BCUT2D eigenvalue weighted by Gasteiger charge is -1.96. The van der Waals surface area contributed by atoms with Gasteiger partial charge in [0.05, 0.1) is 16.6 Å². The largest absolute Gasteiger partial charge is 0.493 e. The van der Waals surface area contributed by atoms with Crippen LogP contribution >= 0.6 is 11.6 Å². The first-order valence-electron chi connectivity index (χ1n) is 9.10. The number of halogens is 1. The molecule has 8 heteroatoms. The molecule has 0 spiro atoms. The highest BCUT2D eigenvalue weighted by molar-refractivity contribution is 6.31. The number of rotatable bonds is 3. The van der Waals surface area contributed by atoms with Gasteiger partial charge >= 0.3 is 0 Å². The summed E-state index contributed by atoms with van der Waals surface area (Å²) in [6, 6.07) is 19.9. The molecule has 0 saturated carbocycles. The standard InChI is InChI=1S/C22H14ClN5O2/c23-14-7-9-16-15(11-14)19(22(30)26-16)27-28-21(29)13-6-8-17-18(10-13)25-20(24-17)12-4-2-1-3-5-12/h1-11,26,30H,(H,24,25). The van der Waals surface area contributed by atoms with Gasteiger partial charge in [-0.1, -0.05) is 41.9 Å². The van der Waals surface area contributed by atoms with E-state index in [0.29, 0.717) is 21.5 Å². The van der Waals surface area contributed by atoms with E-state index in [1.165, 1.54) is 0 Å². The monoisotopic (exact) mass is 415 g/mol. The smallest absolute Gasteiger partial charge is 0.295 e. The molecule has 0 unspecified atom stereocenters. The predicted molar refractivity (Wildman–Crippen MR) is 115 cm³/mol. The van der Waals surface area contributed by atoms with Crippen LogP contribution in [0, 0.1) is 0 Å². The quantitative estimate of drug-likeness (QED) is 0.315. The lowest BCUT2D eigenvalue weighted by molar-refractivity contribution is 0.0995. The van der Waals surface area contributed by atoms with Crippen LogP contribution in [0.3, 0.4) is 0 Å². The molecule has 0 fully saturated rings. The molecule has 0 bridgehead atoms. The zero-order valence-electron chi connectivity index (χ0n) is 15.4. The summed E-state index contributed by atoms with van der Waals surface area (Å²) in [5.74, 6) is 0.00120. The minimum Gasteiger partial charge on any atom is -0.493 e. The highest BCUT2D eigenvalue weighted by atomic mass is 35.5. The average molecular weight is 416 g/mol. The molecular formula is C22H14ClN5O2. The van der Waals surface area contributed by atoms with E-state index in [9.17, 15) is 9.90 Å². The minimum absolute atomic E-state index is 0.162. The molecule has 0 aliphatic rings. The maximum atomic E-state index is 12.6. The zero-order chi connectivity index (χ0) is 20.7. The van der Waals surface area contributed by atoms with Gasteiger partial charge in [0.2, 0.25) is 5.88 Å². The Morgan fingerprint density at radius 3 is 2.63 bits per heavy atom. The van der Waals surface area contributed by atoms with Crippen LogP contribution in [-0.2, 0) is 0 Å². The van der Waals surface area contributed by atoms with E-state index in [1.54, 1.807) is 36.4 Å². The van der Waals surface area contributed by atoms with Crippen LogP contribution in [0.25, 0.3) is 33.3 Å². The topological polar surface area (TPSA) is 106 Å². The Morgan fingerprint density at radius 2 is 1.80 bits per heavy atom. The molecular weight excluding hydrogens is 402 g/mol. The van der Waals surface area contributed by atoms with Crippen LogP contribution in [0.4, 0.5) is 5.69 Å². The molecule has 30 heavy (non-hydrogen) atoms. The fourth-order valence-corrected chi connectivity index (χ4v) is 3.44. The summed E-state index contributed by atoms with van der Waals surface area (Å²) in [7, 11) is 0. The number of H-pyrrole nitrogens is 2. The molecule has 7 nitrogen and oxygen atoms in total. The molecule has 3 N–H and O–H groups in total. The number of hydrogen-bond acceptors (Lipinski definition) is 4. The number of aromatic hydroxyl groups is 1. The maximum absolute atomic E-state index is 12.6. The van der Waals surface area contributed by atoms with Crippen molar-refractivity contribution < 1.29 is 9.90 Å². The Balaban J connectivity index is 1.46. The van der Waals surface area contributed by atoms with Crippen LogP contribution < -0.4 is 0 Å². The number of aromatic nitrogens is 3. The van der Waals surface area contributed by atoms with E-state index >= 15 is 0 Å². The SMILES string of the molecule is O=C(N=Nc1c(O)[nH]c2ccc(Cl)cc12)c1ccc2nc(-c3ccccc3)[nH]c2c1. The number of benzene rings is 3. The molecule has 5 aromatic rings. The van der Waals surface area contributed by atoms with Gasteiger partial charge in [0.25, 0.3) is 5.91 Å². The number of nitrogens with one attached hydrogen (secondary N) is 2. The number of aromatic amines is 2. The Morgan fingerprint density at radius 1 is 0.967 bits per heavy atom. The minimum atomic E-state index is -0.538. The van der Waals surface area contributed by atoms with E-state index < -0.39 is 5.91 Å². The second kappa shape index (κ2) is 7.13.